The van der Waals surface area contributed by atoms with Crippen molar-refractivity contribution in [1.82, 2.24) is 0 Å². The number of carbonyl (C=O) groups is 1. The molecule has 1 rings (SSSR count). The van der Waals surface area contributed by atoms with Crippen LogP contribution in [0.5, 0.6) is 0 Å². The minimum atomic E-state index is -4.66. The van der Waals surface area contributed by atoms with E-state index >= 15 is 0 Å². The number of nitrogens with two attached hydrogens (primary N) is 1. The maximum absolute atomic E-state index is 12.0. The molecule has 0 fully saturated rings. The number of ketones is 1. The van der Waals surface area contributed by atoms with Gasteiger partial charge in [-0.25, -0.2) is 0 Å². The molecule has 0 aliphatic carbocycles. The molecule has 2 nitrogen and oxygen atoms in total. The second-order valence-electron chi connectivity index (χ2n) is 2.83. The first-order valence-electron chi connectivity index (χ1n) is 4.05. The highest BCUT2D eigenvalue weighted by molar-refractivity contribution is 6.04. The molecular formula is C10H8F3NO. The van der Waals surface area contributed by atoms with Gasteiger partial charge in [0.15, 0.2) is 5.78 Å². The lowest BCUT2D eigenvalue weighted by atomic mass is 10.1. The lowest BCUT2D eigenvalue weighted by Crippen LogP contribution is -2.20. The van der Waals surface area contributed by atoms with Crippen LogP contribution in [-0.4, -0.2) is 12.0 Å². The fraction of sp³-hybridized carbons (Fsp3) is 0.100. The van der Waals surface area contributed by atoms with Crippen molar-refractivity contribution in [2.75, 3.05) is 0 Å². The molecule has 2 N–H and O–H groups in total. The number of allylic oxidation sites excluding steroid dienone is 2. The van der Waals surface area contributed by atoms with E-state index in [9.17, 15) is 18.0 Å². The van der Waals surface area contributed by atoms with E-state index in [0.29, 0.717) is 6.08 Å². The Morgan fingerprint density at radius 1 is 1.20 bits per heavy atom. The maximum Gasteiger partial charge on any atom is 0.430 e. The predicted octanol–water partition coefficient (Wildman–Crippen LogP) is 2.27. The van der Waals surface area contributed by atoms with E-state index < -0.39 is 17.7 Å². The maximum atomic E-state index is 12.0. The molecule has 0 aromatic heterocycles. The summed E-state index contributed by atoms with van der Waals surface area (Å²) >= 11 is 0. The van der Waals surface area contributed by atoms with Crippen molar-refractivity contribution in [2.45, 2.75) is 6.18 Å². The van der Waals surface area contributed by atoms with Crippen molar-refractivity contribution in [3.63, 3.8) is 0 Å². The van der Waals surface area contributed by atoms with Gasteiger partial charge in [-0.15, -0.1) is 0 Å². The van der Waals surface area contributed by atoms with Crippen molar-refractivity contribution in [2.24, 2.45) is 5.73 Å². The molecule has 0 unspecified atom stereocenters. The summed E-state index contributed by atoms with van der Waals surface area (Å²) in [7, 11) is 0. The largest absolute Gasteiger partial charge is 0.430 e. The van der Waals surface area contributed by atoms with Crippen molar-refractivity contribution < 1.29 is 18.0 Å². The first-order valence-corrected chi connectivity index (χ1v) is 4.05. The van der Waals surface area contributed by atoms with Crippen LogP contribution in [0.3, 0.4) is 0 Å². The van der Waals surface area contributed by atoms with Gasteiger partial charge in [-0.3, -0.25) is 4.79 Å². The molecule has 0 saturated heterocycles. The quantitative estimate of drug-likeness (QED) is 0.607. The van der Waals surface area contributed by atoms with Crippen LogP contribution in [0, 0.1) is 0 Å². The van der Waals surface area contributed by atoms with Crippen LogP contribution in [0.15, 0.2) is 42.1 Å². The van der Waals surface area contributed by atoms with E-state index in [0.717, 1.165) is 0 Å². The summed E-state index contributed by atoms with van der Waals surface area (Å²) in [6.45, 7) is 0. The number of hydrogen-bond donors (Lipinski definition) is 1. The van der Waals surface area contributed by atoms with E-state index in [1.165, 1.54) is 12.1 Å². The third-order valence-corrected chi connectivity index (χ3v) is 1.67. The van der Waals surface area contributed by atoms with Crippen molar-refractivity contribution in [3.05, 3.63) is 47.7 Å². The van der Waals surface area contributed by atoms with Gasteiger partial charge in [0.05, 0.1) is 0 Å². The number of alkyl halides is 3. The minimum absolute atomic E-state index is 0.171. The summed E-state index contributed by atoms with van der Waals surface area (Å²) < 4.78 is 35.9. The Morgan fingerprint density at radius 3 is 2.20 bits per heavy atom. The first-order chi connectivity index (χ1) is 6.91. The highest BCUT2D eigenvalue weighted by Crippen LogP contribution is 2.21. The van der Waals surface area contributed by atoms with E-state index in [4.69, 9.17) is 5.73 Å². The van der Waals surface area contributed by atoms with Crippen LogP contribution in [0.1, 0.15) is 10.4 Å². The van der Waals surface area contributed by atoms with Gasteiger partial charge in [-0.2, -0.15) is 13.2 Å². The molecule has 5 heteroatoms. The molecule has 0 heterocycles. The summed E-state index contributed by atoms with van der Waals surface area (Å²) in [6.07, 6.45) is -4.28. The third kappa shape index (κ3) is 3.12. The zero-order valence-electron chi connectivity index (χ0n) is 7.58. The van der Waals surface area contributed by atoms with E-state index in [1.807, 2.05) is 0 Å². The number of carbonyl (C=O) groups excluding carboxylic acids is 1. The second-order valence-corrected chi connectivity index (χ2v) is 2.83. The normalized spacial score (nSPS) is 12.6. The zero-order chi connectivity index (χ0) is 11.5. The number of benzene rings is 1. The summed E-state index contributed by atoms with van der Waals surface area (Å²) in [6, 6.07) is 7.62. The molecule has 0 saturated carbocycles. The summed E-state index contributed by atoms with van der Waals surface area (Å²) in [5.74, 6) is -0.759. The van der Waals surface area contributed by atoms with E-state index in [1.54, 1.807) is 18.2 Å². The average molecular weight is 215 g/mol. The lowest BCUT2D eigenvalue weighted by Gasteiger charge is -2.05. The molecule has 0 atom stereocenters. The number of rotatable bonds is 2. The molecule has 0 aliphatic rings. The van der Waals surface area contributed by atoms with Gasteiger partial charge < -0.3 is 5.73 Å². The molecule has 0 amide bonds. The summed E-state index contributed by atoms with van der Waals surface area (Å²) in [4.78, 5) is 11.2. The zero-order valence-corrected chi connectivity index (χ0v) is 7.58. The van der Waals surface area contributed by atoms with Crippen molar-refractivity contribution in [3.8, 4) is 0 Å². The standard InChI is InChI=1S/C10H8F3NO/c11-10(12,13)9(14)6-8(15)7-4-2-1-3-5-7/h1-6H,14H2. The lowest BCUT2D eigenvalue weighted by molar-refractivity contribution is -0.0927. The van der Waals surface area contributed by atoms with E-state index in [-0.39, 0.29) is 5.56 Å². The molecule has 0 aliphatic heterocycles. The molecule has 0 spiro atoms. The fourth-order valence-electron chi connectivity index (χ4n) is 0.909. The second kappa shape index (κ2) is 4.16. The Balaban J connectivity index is 2.90. The highest BCUT2D eigenvalue weighted by Gasteiger charge is 2.31. The Hall–Kier alpha value is -1.78. The average Bonchev–Trinajstić information content (AvgIpc) is 2.17. The molecule has 80 valence electrons. The van der Waals surface area contributed by atoms with Crippen LogP contribution < -0.4 is 5.73 Å². The van der Waals surface area contributed by atoms with Crippen LogP contribution in [0.2, 0.25) is 0 Å². The molecule has 0 radical (unpaired) electrons. The highest BCUT2D eigenvalue weighted by atomic mass is 19.4. The van der Waals surface area contributed by atoms with Gasteiger partial charge in [-0.1, -0.05) is 30.3 Å². The Bertz CT molecular complexity index is 381. The fourth-order valence-corrected chi connectivity index (χ4v) is 0.909. The molecule has 0 bridgehead atoms. The van der Waals surface area contributed by atoms with E-state index in [2.05, 4.69) is 0 Å². The number of halogens is 3. The predicted molar refractivity (Wildman–Crippen MR) is 49.1 cm³/mol. The molecule has 1 aromatic rings. The van der Waals surface area contributed by atoms with Crippen molar-refractivity contribution >= 4 is 5.78 Å². The van der Waals surface area contributed by atoms with Gasteiger partial charge >= 0.3 is 6.18 Å². The van der Waals surface area contributed by atoms with Crippen LogP contribution >= 0.6 is 0 Å². The smallest absolute Gasteiger partial charge is 0.395 e. The summed E-state index contributed by atoms with van der Waals surface area (Å²) in [5.41, 5.74) is 3.48. The van der Waals surface area contributed by atoms with Gasteiger partial charge in [0.1, 0.15) is 5.70 Å². The van der Waals surface area contributed by atoms with Crippen LogP contribution in [-0.2, 0) is 0 Å². The van der Waals surface area contributed by atoms with Gasteiger partial charge in [0.25, 0.3) is 0 Å². The van der Waals surface area contributed by atoms with Gasteiger partial charge in [0, 0.05) is 11.6 Å². The molecule has 1 aromatic carbocycles. The Morgan fingerprint density at radius 2 is 1.73 bits per heavy atom. The SMILES string of the molecule is NC(=CC(=O)c1ccccc1)C(F)(F)F. The Kier molecular flexibility index (Phi) is 3.14. The topological polar surface area (TPSA) is 43.1 Å². The molecule has 15 heavy (non-hydrogen) atoms. The monoisotopic (exact) mass is 215 g/mol. The Labute approximate surface area is 84.2 Å². The van der Waals surface area contributed by atoms with Crippen LogP contribution in [0.25, 0.3) is 0 Å². The van der Waals surface area contributed by atoms with Gasteiger partial charge in [-0.05, 0) is 0 Å². The first kappa shape index (κ1) is 11.3. The number of hydrogen-bond acceptors (Lipinski definition) is 2. The van der Waals surface area contributed by atoms with Crippen molar-refractivity contribution in [1.29, 1.82) is 0 Å². The minimum Gasteiger partial charge on any atom is -0.395 e. The molecular weight excluding hydrogens is 207 g/mol. The van der Waals surface area contributed by atoms with Crippen LogP contribution in [0.4, 0.5) is 13.2 Å². The summed E-state index contributed by atoms with van der Waals surface area (Å²) in [5, 5.41) is 0. The van der Waals surface area contributed by atoms with Gasteiger partial charge in [0.2, 0.25) is 0 Å². The third-order valence-electron chi connectivity index (χ3n) is 1.67.